The third-order valence-electron chi connectivity index (χ3n) is 4.27. The lowest BCUT2D eigenvalue weighted by molar-refractivity contribution is -0.119. The lowest BCUT2D eigenvalue weighted by Crippen LogP contribution is -2.19. The van der Waals surface area contributed by atoms with Gasteiger partial charge in [0, 0.05) is 17.7 Å². The first-order valence-electron chi connectivity index (χ1n) is 7.40. The van der Waals surface area contributed by atoms with Crippen LogP contribution in [0.4, 0.5) is 0 Å². The molecule has 0 spiro atoms. The van der Waals surface area contributed by atoms with E-state index in [1.54, 1.807) is 0 Å². The Morgan fingerprint density at radius 1 is 1.24 bits per heavy atom. The number of carbonyl (C=O) groups is 1. The number of aromatic nitrogens is 2. The maximum atomic E-state index is 11.5. The highest BCUT2D eigenvalue weighted by atomic mass is 16.1. The monoisotopic (exact) mass is 283 g/mol. The molecule has 1 N–H and O–H groups in total. The zero-order valence-corrected chi connectivity index (χ0v) is 13.0. The fourth-order valence-electron chi connectivity index (χ4n) is 3.27. The van der Waals surface area contributed by atoms with Crippen LogP contribution in [0.2, 0.25) is 0 Å². The molecule has 0 radical (unpaired) electrons. The fourth-order valence-corrected chi connectivity index (χ4v) is 3.27. The van der Waals surface area contributed by atoms with E-state index in [0.29, 0.717) is 6.42 Å². The molecule has 110 valence electrons. The van der Waals surface area contributed by atoms with Gasteiger partial charge in [0.1, 0.15) is 0 Å². The van der Waals surface area contributed by atoms with Crippen LogP contribution in [0.15, 0.2) is 18.2 Å². The highest BCUT2D eigenvalue weighted by Crippen LogP contribution is 2.30. The summed E-state index contributed by atoms with van der Waals surface area (Å²) in [6.45, 7) is 8.30. The Hall–Kier alpha value is -2.10. The first kappa shape index (κ1) is 13.9. The van der Waals surface area contributed by atoms with Crippen LogP contribution in [-0.2, 0) is 4.79 Å². The molecular formula is C17H21N3O. The zero-order valence-electron chi connectivity index (χ0n) is 13.0. The second kappa shape index (κ2) is 5.02. The number of nitrogens with zero attached hydrogens (tertiary/aromatic N) is 2. The van der Waals surface area contributed by atoms with E-state index in [1.165, 1.54) is 16.7 Å². The molecule has 1 aromatic heterocycles. The van der Waals surface area contributed by atoms with Gasteiger partial charge in [0.25, 0.3) is 0 Å². The molecular weight excluding hydrogens is 262 g/mol. The van der Waals surface area contributed by atoms with Crippen molar-refractivity contribution in [3.05, 3.63) is 46.3 Å². The number of hydrogen-bond acceptors (Lipinski definition) is 2. The van der Waals surface area contributed by atoms with Gasteiger partial charge in [-0.15, -0.1) is 0 Å². The maximum Gasteiger partial charge on any atom is 0.220 e. The summed E-state index contributed by atoms with van der Waals surface area (Å²) in [6.07, 6.45) is 1.47. The average molecular weight is 283 g/mol. The molecule has 21 heavy (non-hydrogen) atoms. The predicted molar refractivity (Wildman–Crippen MR) is 82.6 cm³/mol. The molecule has 4 nitrogen and oxygen atoms in total. The van der Waals surface area contributed by atoms with Crippen LogP contribution in [0.1, 0.15) is 47.0 Å². The third-order valence-corrected chi connectivity index (χ3v) is 4.27. The van der Waals surface area contributed by atoms with Crippen molar-refractivity contribution in [3.63, 3.8) is 0 Å². The number of rotatable bonds is 2. The first-order valence-corrected chi connectivity index (χ1v) is 7.40. The standard InChI is InChI=1S/C17H21N3O/c1-10-5-7-15(11(2)9-10)20-13(4)17(12(3)19-20)14-6-8-16(21)18-14/h5,7,9,14H,6,8H2,1-4H3,(H,18,21)/t14-/m0/s1. The summed E-state index contributed by atoms with van der Waals surface area (Å²) < 4.78 is 2.00. The highest BCUT2D eigenvalue weighted by molar-refractivity contribution is 5.78. The number of aryl methyl sites for hydroxylation is 3. The van der Waals surface area contributed by atoms with Gasteiger partial charge in [-0.2, -0.15) is 5.10 Å². The number of carbonyl (C=O) groups excluding carboxylic acids is 1. The molecule has 1 aliphatic rings. The van der Waals surface area contributed by atoms with Gasteiger partial charge in [0.2, 0.25) is 5.91 Å². The van der Waals surface area contributed by atoms with Gasteiger partial charge in [-0.1, -0.05) is 17.7 Å². The van der Waals surface area contributed by atoms with Gasteiger partial charge in [0.05, 0.1) is 17.4 Å². The molecule has 0 saturated carbocycles. The van der Waals surface area contributed by atoms with E-state index in [1.807, 2.05) is 11.6 Å². The van der Waals surface area contributed by atoms with Crippen LogP contribution in [-0.4, -0.2) is 15.7 Å². The largest absolute Gasteiger partial charge is 0.349 e. The molecule has 2 aromatic rings. The minimum atomic E-state index is 0.108. The van der Waals surface area contributed by atoms with Crippen LogP contribution >= 0.6 is 0 Å². The van der Waals surface area contributed by atoms with Crippen molar-refractivity contribution in [2.75, 3.05) is 0 Å². The van der Waals surface area contributed by atoms with E-state index >= 15 is 0 Å². The Bertz CT molecular complexity index is 715. The number of benzene rings is 1. The van der Waals surface area contributed by atoms with Crippen molar-refractivity contribution in [2.45, 2.75) is 46.6 Å². The Morgan fingerprint density at radius 2 is 2.00 bits per heavy atom. The van der Waals surface area contributed by atoms with Crippen molar-refractivity contribution in [2.24, 2.45) is 0 Å². The van der Waals surface area contributed by atoms with Gasteiger partial charge in [-0.25, -0.2) is 4.68 Å². The number of amides is 1. The lowest BCUT2D eigenvalue weighted by Gasteiger charge is -2.12. The van der Waals surface area contributed by atoms with E-state index in [4.69, 9.17) is 5.10 Å². The third kappa shape index (κ3) is 2.35. The minimum Gasteiger partial charge on any atom is -0.349 e. The molecule has 0 bridgehead atoms. The first-order chi connectivity index (χ1) is 9.97. The van der Waals surface area contributed by atoms with Crippen LogP contribution in [0.25, 0.3) is 5.69 Å². The van der Waals surface area contributed by atoms with E-state index in [0.717, 1.165) is 23.5 Å². The highest BCUT2D eigenvalue weighted by Gasteiger charge is 2.28. The molecule has 0 unspecified atom stereocenters. The van der Waals surface area contributed by atoms with Crippen molar-refractivity contribution in [3.8, 4) is 5.69 Å². The second-order valence-corrected chi connectivity index (χ2v) is 5.95. The molecule has 1 amide bonds. The predicted octanol–water partition coefficient (Wildman–Crippen LogP) is 3.06. The van der Waals surface area contributed by atoms with Crippen LogP contribution in [0.5, 0.6) is 0 Å². The molecule has 1 fully saturated rings. The summed E-state index contributed by atoms with van der Waals surface area (Å²) in [6, 6.07) is 6.50. The van der Waals surface area contributed by atoms with Gasteiger partial charge in [-0.05, 0) is 45.7 Å². The average Bonchev–Trinajstić information content (AvgIpc) is 2.94. The molecule has 1 aliphatic heterocycles. The molecule has 1 saturated heterocycles. The number of nitrogens with one attached hydrogen (secondary N) is 1. The molecule has 2 heterocycles. The van der Waals surface area contributed by atoms with E-state index in [9.17, 15) is 4.79 Å². The van der Waals surface area contributed by atoms with Crippen LogP contribution in [0, 0.1) is 27.7 Å². The SMILES string of the molecule is Cc1ccc(-n2nc(C)c([C@@H]3CCC(=O)N3)c2C)c(C)c1. The van der Waals surface area contributed by atoms with Crippen molar-refractivity contribution < 1.29 is 4.79 Å². The van der Waals surface area contributed by atoms with E-state index in [-0.39, 0.29) is 11.9 Å². The number of hydrogen-bond donors (Lipinski definition) is 1. The Morgan fingerprint density at radius 3 is 2.62 bits per heavy atom. The van der Waals surface area contributed by atoms with E-state index < -0.39 is 0 Å². The van der Waals surface area contributed by atoms with Gasteiger partial charge in [-0.3, -0.25) is 4.79 Å². The topological polar surface area (TPSA) is 46.9 Å². The Balaban J connectivity index is 2.07. The van der Waals surface area contributed by atoms with E-state index in [2.05, 4.69) is 44.3 Å². The summed E-state index contributed by atoms with van der Waals surface area (Å²) in [4.78, 5) is 11.5. The van der Waals surface area contributed by atoms with Crippen LogP contribution < -0.4 is 5.32 Å². The van der Waals surface area contributed by atoms with Crippen molar-refractivity contribution in [1.82, 2.24) is 15.1 Å². The summed E-state index contributed by atoms with van der Waals surface area (Å²) in [5.74, 6) is 0.137. The summed E-state index contributed by atoms with van der Waals surface area (Å²) in [7, 11) is 0. The second-order valence-electron chi connectivity index (χ2n) is 5.95. The molecule has 1 aromatic carbocycles. The molecule has 4 heteroatoms. The van der Waals surface area contributed by atoms with Crippen LogP contribution in [0.3, 0.4) is 0 Å². The summed E-state index contributed by atoms with van der Waals surface area (Å²) >= 11 is 0. The Labute approximate surface area is 125 Å². The zero-order chi connectivity index (χ0) is 15.1. The van der Waals surface area contributed by atoms with Gasteiger partial charge >= 0.3 is 0 Å². The molecule has 1 atom stereocenters. The maximum absolute atomic E-state index is 11.5. The smallest absolute Gasteiger partial charge is 0.220 e. The summed E-state index contributed by atoms with van der Waals surface area (Å²) in [5.41, 5.74) is 6.85. The summed E-state index contributed by atoms with van der Waals surface area (Å²) in [5, 5.41) is 7.75. The Kier molecular flexibility index (Phi) is 3.32. The lowest BCUT2D eigenvalue weighted by atomic mass is 10.0. The van der Waals surface area contributed by atoms with Gasteiger partial charge < -0.3 is 5.32 Å². The molecule has 3 rings (SSSR count). The molecule has 0 aliphatic carbocycles. The minimum absolute atomic E-state index is 0.108. The van der Waals surface area contributed by atoms with Crippen molar-refractivity contribution in [1.29, 1.82) is 0 Å². The van der Waals surface area contributed by atoms with Gasteiger partial charge in [0.15, 0.2) is 0 Å². The quantitative estimate of drug-likeness (QED) is 0.920. The normalized spacial score (nSPS) is 18.1. The fraction of sp³-hybridized carbons (Fsp3) is 0.412. The van der Waals surface area contributed by atoms with Crippen molar-refractivity contribution >= 4 is 5.91 Å².